The normalized spacial score (nSPS) is 11.7. The summed E-state index contributed by atoms with van der Waals surface area (Å²) in [6, 6.07) is 3.49. The standard InChI is InChI=1S/C12H13F5N2O2/c13-8-2-1-7(5-9(8)18)19-10(20)3-4-21-6-12(16,17)11(14)15/h1-2,5,11H,3-4,6,18H2,(H,19,20). The van der Waals surface area contributed by atoms with Gasteiger partial charge in [-0.15, -0.1) is 0 Å². The zero-order valence-electron chi connectivity index (χ0n) is 10.7. The predicted octanol–water partition coefficient (Wildman–Crippen LogP) is 2.65. The number of carbonyl (C=O) groups is 1. The van der Waals surface area contributed by atoms with Gasteiger partial charge in [0, 0.05) is 5.69 Å². The average Bonchev–Trinajstić information content (AvgIpc) is 2.39. The van der Waals surface area contributed by atoms with E-state index in [0.717, 1.165) is 6.07 Å². The highest BCUT2D eigenvalue weighted by atomic mass is 19.3. The first kappa shape index (κ1) is 17.2. The van der Waals surface area contributed by atoms with E-state index in [-0.39, 0.29) is 17.8 Å². The van der Waals surface area contributed by atoms with Crippen LogP contribution >= 0.6 is 0 Å². The molecule has 118 valence electrons. The summed E-state index contributed by atoms with van der Waals surface area (Å²) in [6.07, 6.45) is -4.15. The molecule has 0 aromatic heterocycles. The molecule has 21 heavy (non-hydrogen) atoms. The van der Waals surface area contributed by atoms with E-state index in [9.17, 15) is 26.7 Å². The number of nitrogens with one attached hydrogen (secondary N) is 1. The Morgan fingerprint density at radius 2 is 2.05 bits per heavy atom. The van der Waals surface area contributed by atoms with Crippen molar-refractivity contribution in [1.82, 2.24) is 0 Å². The lowest BCUT2D eigenvalue weighted by Crippen LogP contribution is -2.32. The fourth-order valence-corrected chi connectivity index (χ4v) is 1.28. The Bertz CT molecular complexity index is 497. The maximum atomic E-state index is 12.9. The Labute approximate surface area is 117 Å². The third-order valence-corrected chi connectivity index (χ3v) is 2.37. The van der Waals surface area contributed by atoms with Crippen molar-refractivity contribution in [2.45, 2.75) is 18.8 Å². The maximum absolute atomic E-state index is 12.9. The van der Waals surface area contributed by atoms with Gasteiger partial charge in [-0.3, -0.25) is 4.79 Å². The summed E-state index contributed by atoms with van der Waals surface area (Å²) < 4.78 is 65.8. The van der Waals surface area contributed by atoms with Crippen molar-refractivity contribution in [1.29, 1.82) is 0 Å². The van der Waals surface area contributed by atoms with Gasteiger partial charge in [-0.25, -0.2) is 13.2 Å². The Morgan fingerprint density at radius 1 is 1.38 bits per heavy atom. The van der Waals surface area contributed by atoms with Crippen LogP contribution in [0.5, 0.6) is 0 Å². The molecule has 0 saturated carbocycles. The quantitative estimate of drug-likeness (QED) is 0.462. The van der Waals surface area contributed by atoms with Gasteiger partial charge >= 0.3 is 12.3 Å². The molecule has 0 bridgehead atoms. The van der Waals surface area contributed by atoms with Crippen LogP contribution in [0.3, 0.4) is 0 Å². The van der Waals surface area contributed by atoms with Crippen LogP contribution in [0, 0.1) is 5.82 Å². The van der Waals surface area contributed by atoms with E-state index in [1.807, 2.05) is 0 Å². The van der Waals surface area contributed by atoms with Crippen molar-refractivity contribution in [3.63, 3.8) is 0 Å². The van der Waals surface area contributed by atoms with Gasteiger partial charge in [0.05, 0.1) is 18.7 Å². The first-order valence-corrected chi connectivity index (χ1v) is 5.81. The van der Waals surface area contributed by atoms with Gasteiger partial charge in [0.1, 0.15) is 12.4 Å². The molecular weight excluding hydrogens is 299 g/mol. The van der Waals surface area contributed by atoms with Crippen LogP contribution in [0.2, 0.25) is 0 Å². The summed E-state index contributed by atoms with van der Waals surface area (Å²) in [4.78, 5) is 11.4. The van der Waals surface area contributed by atoms with Crippen LogP contribution in [0.25, 0.3) is 0 Å². The second kappa shape index (κ2) is 7.21. The van der Waals surface area contributed by atoms with Gasteiger partial charge in [-0.2, -0.15) is 8.78 Å². The maximum Gasteiger partial charge on any atom is 0.330 e. The molecule has 0 unspecified atom stereocenters. The number of amides is 1. The second-order valence-electron chi connectivity index (χ2n) is 4.15. The smallest absolute Gasteiger partial charge is 0.330 e. The number of rotatable bonds is 7. The van der Waals surface area contributed by atoms with E-state index < -0.39 is 37.3 Å². The third-order valence-electron chi connectivity index (χ3n) is 2.37. The van der Waals surface area contributed by atoms with Crippen molar-refractivity contribution < 1.29 is 31.5 Å². The summed E-state index contributed by atoms with van der Waals surface area (Å²) in [7, 11) is 0. The molecule has 0 radical (unpaired) electrons. The lowest BCUT2D eigenvalue weighted by Gasteiger charge is -2.15. The van der Waals surface area contributed by atoms with Crippen molar-refractivity contribution in [2.75, 3.05) is 24.3 Å². The van der Waals surface area contributed by atoms with Crippen LogP contribution in [0.4, 0.5) is 33.3 Å². The molecule has 1 aromatic carbocycles. The van der Waals surface area contributed by atoms with E-state index in [1.165, 1.54) is 12.1 Å². The zero-order valence-corrected chi connectivity index (χ0v) is 10.7. The van der Waals surface area contributed by atoms with Crippen molar-refractivity contribution in [2.24, 2.45) is 0 Å². The van der Waals surface area contributed by atoms with E-state index in [1.54, 1.807) is 0 Å². The van der Waals surface area contributed by atoms with Crippen LogP contribution < -0.4 is 11.1 Å². The molecule has 0 saturated heterocycles. The topological polar surface area (TPSA) is 64.3 Å². The van der Waals surface area contributed by atoms with E-state index >= 15 is 0 Å². The Morgan fingerprint density at radius 3 is 2.62 bits per heavy atom. The van der Waals surface area contributed by atoms with Crippen LogP contribution in [0.1, 0.15) is 6.42 Å². The number of ether oxygens (including phenoxy) is 1. The van der Waals surface area contributed by atoms with Gasteiger partial charge < -0.3 is 15.8 Å². The molecule has 0 aliphatic heterocycles. The minimum Gasteiger partial charge on any atom is -0.396 e. The van der Waals surface area contributed by atoms with Crippen LogP contribution in [-0.2, 0) is 9.53 Å². The molecule has 0 atom stereocenters. The number of hydrogen-bond acceptors (Lipinski definition) is 3. The molecule has 1 rings (SSSR count). The third kappa shape index (κ3) is 5.54. The molecule has 0 fully saturated rings. The van der Waals surface area contributed by atoms with E-state index in [4.69, 9.17) is 5.73 Å². The Kier molecular flexibility index (Phi) is 5.89. The molecular formula is C12H13F5N2O2. The number of nitrogens with two attached hydrogens (primary N) is 1. The van der Waals surface area contributed by atoms with Gasteiger partial charge in [0.25, 0.3) is 0 Å². The lowest BCUT2D eigenvalue weighted by molar-refractivity contribution is -0.166. The highest BCUT2D eigenvalue weighted by Crippen LogP contribution is 2.22. The largest absolute Gasteiger partial charge is 0.396 e. The van der Waals surface area contributed by atoms with E-state index in [0.29, 0.717) is 0 Å². The minimum atomic E-state index is -4.25. The Balaban J connectivity index is 2.33. The van der Waals surface area contributed by atoms with Gasteiger partial charge in [0.15, 0.2) is 0 Å². The fraction of sp³-hybridized carbons (Fsp3) is 0.417. The zero-order chi connectivity index (χ0) is 16.0. The Hall–Kier alpha value is -1.90. The molecule has 0 aliphatic carbocycles. The monoisotopic (exact) mass is 312 g/mol. The lowest BCUT2D eigenvalue weighted by atomic mass is 10.2. The number of carbonyl (C=O) groups excluding carboxylic acids is 1. The predicted molar refractivity (Wildman–Crippen MR) is 65.8 cm³/mol. The van der Waals surface area contributed by atoms with E-state index in [2.05, 4.69) is 10.1 Å². The molecule has 9 heteroatoms. The van der Waals surface area contributed by atoms with Crippen molar-refractivity contribution in [3.8, 4) is 0 Å². The average molecular weight is 312 g/mol. The van der Waals surface area contributed by atoms with Gasteiger partial charge in [-0.05, 0) is 18.2 Å². The molecule has 4 nitrogen and oxygen atoms in total. The molecule has 0 heterocycles. The number of halogens is 5. The van der Waals surface area contributed by atoms with Gasteiger partial charge in [-0.1, -0.05) is 0 Å². The second-order valence-corrected chi connectivity index (χ2v) is 4.15. The number of hydrogen-bond donors (Lipinski definition) is 2. The van der Waals surface area contributed by atoms with Crippen LogP contribution in [0.15, 0.2) is 18.2 Å². The van der Waals surface area contributed by atoms with Gasteiger partial charge in [0.2, 0.25) is 5.91 Å². The summed E-state index contributed by atoms with van der Waals surface area (Å²) in [5, 5.41) is 2.33. The summed E-state index contributed by atoms with van der Waals surface area (Å²) in [5.41, 5.74) is 5.34. The number of anilines is 2. The summed E-state index contributed by atoms with van der Waals surface area (Å²) in [5.74, 6) is -5.51. The first-order chi connectivity index (χ1) is 9.72. The molecule has 0 aliphatic rings. The number of benzene rings is 1. The number of nitrogen functional groups attached to an aromatic ring is 1. The highest BCUT2D eigenvalue weighted by molar-refractivity contribution is 5.91. The molecule has 3 N–H and O–H groups in total. The summed E-state index contributed by atoms with van der Waals surface area (Å²) in [6.45, 7) is -1.92. The SMILES string of the molecule is Nc1cc(NC(=O)CCOCC(F)(F)C(F)F)ccc1F. The van der Waals surface area contributed by atoms with Crippen molar-refractivity contribution in [3.05, 3.63) is 24.0 Å². The number of alkyl halides is 4. The summed E-state index contributed by atoms with van der Waals surface area (Å²) >= 11 is 0. The minimum absolute atomic E-state index is 0.166. The molecule has 1 aromatic rings. The first-order valence-electron chi connectivity index (χ1n) is 5.81. The molecule has 0 spiro atoms. The van der Waals surface area contributed by atoms with Crippen molar-refractivity contribution >= 4 is 17.3 Å². The van der Waals surface area contributed by atoms with Crippen LogP contribution in [-0.4, -0.2) is 31.5 Å². The fourth-order valence-electron chi connectivity index (χ4n) is 1.28. The molecule has 1 amide bonds. The highest BCUT2D eigenvalue weighted by Gasteiger charge is 2.40.